The van der Waals surface area contributed by atoms with Crippen LogP contribution in [-0.2, 0) is 6.42 Å². The van der Waals surface area contributed by atoms with E-state index in [2.05, 4.69) is 27.4 Å². The largest absolute Gasteiger partial charge is 0.346 e. The van der Waals surface area contributed by atoms with Gasteiger partial charge in [0.2, 0.25) is 0 Å². The summed E-state index contributed by atoms with van der Waals surface area (Å²) < 4.78 is 0. The van der Waals surface area contributed by atoms with Crippen LogP contribution in [0.15, 0.2) is 5.38 Å². The number of aryl methyl sites for hydroxylation is 1. The number of hydrogen-bond donors (Lipinski definition) is 1. The number of anilines is 1. The molecule has 0 radical (unpaired) electrons. The number of aromatic nitrogens is 1. The van der Waals surface area contributed by atoms with E-state index in [4.69, 9.17) is 4.98 Å². The molecule has 18 heavy (non-hydrogen) atoms. The van der Waals surface area contributed by atoms with Gasteiger partial charge in [0.1, 0.15) is 0 Å². The van der Waals surface area contributed by atoms with Crippen LogP contribution in [0.2, 0.25) is 0 Å². The molecule has 1 unspecified atom stereocenters. The van der Waals surface area contributed by atoms with Crippen molar-refractivity contribution in [3.05, 3.63) is 11.1 Å². The second kappa shape index (κ2) is 5.55. The number of piperazine rings is 1. The third-order valence-electron chi connectivity index (χ3n) is 4.00. The molecule has 1 aromatic heterocycles. The maximum Gasteiger partial charge on any atom is 0.185 e. The predicted octanol–water partition coefficient (Wildman–Crippen LogP) is 1.19. The van der Waals surface area contributed by atoms with Gasteiger partial charge in [0.05, 0.1) is 5.69 Å². The van der Waals surface area contributed by atoms with Gasteiger partial charge in [-0.2, -0.15) is 0 Å². The highest BCUT2D eigenvalue weighted by Crippen LogP contribution is 2.26. The van der Waals surface area contributed by atoms with Crippen molar-refractivity contribution < 1.29 is 0 Å². The van der Waals surface area contributed by atoms with E-state index in [0.717, 1.165) is 32.1 Å². The highest BCUT2D eigenvalue weighted by Gasteiger charge is 2.29. The molecule has 5 heteroatoms. The molecule has 2 aliphatic heterocycles. The quantitative estimate of drug-likeness (QED) is 0.890. The van der Waals surface area contributed by atoms with Crippen LogP contribution in [0.1, 0.15) is 19.0 Å². The first kappa shape index (κ1) is 12.4. The Morgan fingerprint density at radius 3 is 2.94 bits per heavy atom. The fourth-order valence-corrected chi connectivity index (χ4v) is 3.81. The molecular weight excluding hydrogens is 244 g/mol. The van der Waals surface area contributed by atoms with Gasteiger partial charge in [-0.1, -0.05) is 6.92 Å². The Morgan fingerprint density at radius 1 is 1.39 bits per heavy atom. The summed E-state index contributed by atoms with van der Waals surface area (Å²) in [6.07, 6.45) is 2.34. The van der Waals surface area contributed by atoms with E-state index in [0.29, 0.717) is 0 Å². The SMILES string of the molecule is CCc1csc(N2CCC(N3CCNCC3)C2)n1. The van der Waals surface area contributed by atoms with Crippen molar-refractivity contribution >= 4 is 16.5 Å². The van der Waals surface area contributed by atoms with E-state index in [9.17, 15) is 0 Å². The normalized spacial score (nSPS) is 25.8. The van der Waals surface area contributed by atoms with Crippen LogP contribution in [0.25, 0.3) is 0 Å². The molecule has 2 fully saturated rings. The minimum atomic E-state index is 0.737. The molecule has 1 aromatic rings. The molecule has 2 saturated heterocycles. The molecule has 0 aliphatic carbocycles. The van der Waals surface area contributed by atoms with Gasteiger partial charge >= 0.3 is 0 Å². The van der Waals surface area contributed by atoms with Crippen LogP contribution in [0.5, 0.6) is 0 Å². The lowest BCUT2D eigenvalue weighted by Gasteiger charge is -2.32. The lowest BCUT2D eigenvalue weighted by atomic mass is 10.2. The molecule has 1 atom stereocenters. The number of hydrogen-bond acceptors (Lipinski definition) is 5. The maximum atomic E-state index is 4.70. The first-order valence-corrected chi connectivity index (χ1v) is 7.89. The zero-order valence-electron chi connectivity index (χ0n) is 11.1. The highest BCUT2D eigenvalue weighted by molar-refractivity contribution is 7.13. The van der Waals surface area contributed by atoms with Crippen molar-refractivity contribution in [2.75, 3.05) is 44.2 Å². The van der Waals surface area contributed by atoms with Gasteiger partial charge in [0.15, 0.2) is 5.13 Å². The molecular formula is C13H22N4S. The summed E-state index contributed by atoms with van der Waals surface area (Å²) in [6.45, 7) is 9.21. The van der Waals surface area contributed by atoms with Crippen molar-refractivity contribution in [3.8, 4) is 0 Å². The van der Waals surface area contributed by atoms with E-state index in [-0.39, 0.29) is 0 Å². The zero-order valence-corrected chi connectivity index (χ0v) is 11.9. The number of rotatable bonds is 3. The highest BCUT2D eigenvalue weighted by atomic mass is 32.1. The van der Waals surface area contributed by atoms with Crippen LogP contribution >= 0.6 is 11.3 Å². The topological polar surface area (TPSA) is 31.4 Å². The standard InChI is InChI=1S/C13H22N4S/c1-2-11-10-18-13(15-11)17-6-3-12(9-17)16-7-4-14-5-8-16/h10,12,14H,2-9H2,1H3. The zero-order chi connectivity index (χ0) is 12.4. The third-order valence-corrected chi connectivity index (χ3v) is 4.95. The van der Waals surface area contributed by atoms with Crippen LogP contribution in [0.4, 0.5) is 5.13 Å². The lowest BCUT2D eigenvalue weighted by molar-refractivity contribution is 0.185. The molecule has 3 rings (SSSR count). The van der Waals surface area contributed by atoms with E-state index in [1.165, 1.54) is 36.9 Å². The van der Waals surface area contributed by atoms with Gasteiger partial charge < -0.3 is 10.2 Å². The second-order valence-electron chi connectivity index (χ2n) is 5.15. The molecule has 0 saturated carbocycles. The van der Waals surface area contributed by atoms with Crippen molar-refractivity contribution in [2.45, 2.75) is 25.8 Å². The van der Waals surface area contributed by atoms with Crippen LogP contribution in [0, 0.1) is 0 Å². The van der Waals surface area contributed by atoms with Crippen molar-refractivity contribution in [2.24, 2.45) is 0 Å². The monoisotopic (exact) mass is 266 g/mol. The molecule has 3 heterocycles. The Labute approximate surface area is 113 Å². The van der Waals surface area contributed by atoms with Crippen LogP contribution in [-0.4, -0.2) is 55.2 Å². The molecule has 0 amide bonds. The second-order valence-corrected chi connectivity index (χ2v) is 5.99. The summed E-state index contributed by atoms with van der Waals surface area (Å²) in [5.74, 6) is 0. The Hall–Kier alpha value is -0.650. The predicted molar refractivity (Wildman–Crippen MR) is 76.6 cm³/mol. The van der Waals surface area contributed by atoms with E-state index in [1.54, 1.807) is 11.3 Å². The molecule has 100 valence electrons. The molecule has 0 bridgehead atoms. The summed E-state index contributed by atoms with van der Waals surface area (Å²) in [5, 5.41) is 6.85. The van der Waals surface area contributed by atoms with Crippen LogP contribution in [0.3, 0.4) is 0 Å². The summed E-state index contributed by atoms with van der Waals surface area (Å²) in [5.41, 5.74) is 1.24. The Balaban J connectivity index is 1.60. The van der Waals surface area contributed by atoms with Gasteiger partial charge in [-0.05, 0) is 12.8 Å². The van der Waals surface area contributed by atoms with Gasteiger partial charge in [0.25, 0.3) is 0 Å². The molecule has 2 aliphatic rings. The van der Waals surface area contributed by atoms with Crippen molar-refractivity contribution in [1.29, 1.82) is 0 Å². The lowest BCUT2D eigenvalue weighted by Crippen LogP contribution is -2.49. The smallest absolute Gasteiger partial charge is 0.185 e. The summed E-state index contributed by atoms with van der Waals surface area (Å²) in [6, 6.07) is 0.737. The van der Waals surface area contributed by atoms with Crippen molar-refractivity contribution in [1.82, 2.24) is 15.2 Å². The minimum absolute atomic E-state index is 0.737. The number of thiazole rings is 1. The average molecular weight is 266 g/mol. The first-order chi connectivity index (χ1) is 8.86. The Morgan fingerprint density at radius 2 is 2.22 bits per heavy atom. The fraction of sp³-hybridized carbons (Fsp3) is 0.769. The van der Waals surface area contributed by atoms with E-state index < -0.39 is 0 Å². The van der Waals surface area contributed by atoms with Gasteiger partial charge in [-0.25, -0.2) is 4.98 Å². The fourth-order valence-electron chi connectivity index (χ4n) is 2.86. The van der Waals surface area contributed by atoms with Crippen LogP contribution < -0.4 is 10.2 Å². The minimum Gasteiger partial charge on any atom is -0.346 e. The van der Waals surface area contributed by atoms with E-state index in [1.807, 2.05) is 0 Å². The summed E-state index contributed by atoms with van der Waals surface area (Å²) in [4.78, 5) is 9.82. The average Bonchev–Trinajstić information content (AvgIpc) is 3.08. The number of nitrogens with zero attached hydrogens (tertiary/aromatic N) is 3. The molecule has 1 N–H and O–H groups in total. The Kier molecular flexibility index (Phi) is 3.82. The summed E-state index contributed by atoms with van der Waals surface area (Å²) >= 11 is 1.80. The summed E-state index contributed by atoms with van der Waals surface area (Å²) in [7, 11) is 0. The van der Waals surface area contributed by atoms with Gasteiger partial charge in [-0.15, -0.1) is 11.3 Å². The Bertz CT molecular complexity index is 386. The maximum absolute atomic E-state index is 4.70. The van der Waals surface area contributed by atoms with Gasteiger partial charge in [0, 0.05) is 50.7 Å². The molecule has 0 spiro atoms. The van der Waals surface area contributed by atoms with Gasteiger partial charge in [-0.3, -0.25) is 4.90 Å². The van der Waals surface area contributed by atoms with E-state index >= 15 is 0 Å². The molecule has 4 nitrogen and oxygen atoms in total. The van der Waals surface area contributed by atoms with Crippen molar-refractivity contribution in [3.63, 3.8) is 0 Å². The number of nitrogens with one attached hydrogen (secondary N) is 1. The third kappa shape index (κ3) is 2.53. The molecule has 0 aromatic carbocycles. The first-order valence-electron chi connectivity index (χ1n) is 7.01.